The zero-order chi connectivity index (χ0) is 13.3. The lowest BCUT2D eigenvalue weighted by Gasteiger charge is -2.16. The summed E-state index contributed by atoms with van der Waals surface area (Å²) in [6.45, 7) is 3.00. The molecule has 7 heteroatoms. The number of carbonyl (C=O) groups is 2. The Balaban J connectivity index is 3.74. The van der Waals surface area contributed by atoms with Crippen LogP contribution in [0.5, 0.6) is 0 Å². The van der Waals surface area contributed by atoms with E-state index < -0.39 is 25.0 Å². The number of methoxy groups -OCH3 is 1. The van der Waals surface area contributed by atoms with E-state index in [2.05, 4.69) is 18.9 Å². The summed E-state index contributed by atoms with van der Waals surface area (Å²) >= 11 is 0. The van der Waals surface area contributed by atoms with E-state index in [-0.39, 0.29) is 12.7 Å². The van der Waals surface area contributed by atoms with Crippen LogP contribution < -0.4 is 5.73 Å². The van der Waals surface area contributed by atoms with E-state index in [4.69, 9.17) is 5.73 Å². The van der Waals surface area contributed by atoms with Crippen molar-refractivity contribution < 1.29 is 28.5 Å². The maximum atomic E-state index is 11.3. The Morgan fingerprint density at radius 2 is 1.76 bits per heavy atom. The number of nitrogens with two attached hydrogens (primary N) is 1. The van der Waals surface area contributed by atoms with E-state index in [1.807, 2.05) is 13.8 Å². The molecule has 0 aromatic heterocycles. The SMILES string of the molecule is CC[C@H](C)[C@H](N)C(=O)OCOC(=O)OCOC. The monoisotopic (exact) mass is 249 g/mol. The van der Waals surface area contributed by atoms with Gasteiger partial charge in [0.25, 0.3) is 0 Å². The van der Waals surface area contributed by atoms with Gasteiger partial charge < -0.3 is 24.7 Å². The number of hydrogen-bond acceptors (Lipinski definition) is 7. The molecule has 0 bridgehead atoms. The van der Waals surface area contributed by atoms with E-state index in [0.29, 0.717) is 0 Å². The number of rotatable bonds is 7. The van der Waals surface area contributed by atoms with Crippen molar-refractivity contribution in [2.45, 2.75) is 26.3 Å². The third-order valence-electron chi connectivity index (χ3n) is 2.20. The quantitative estimate of drug-likeness (QED) is 0.521. The Hall–Kier alpha value is -1.34. The van der Waals surface area contributed by atoms with Crippen molar-refractivity contribution in [3.05, 3.63) is 0 Å². The summed E-state index contributed by atoms with van der Waals surface area (Å²) in [5, 5.41) is 0. The topological polar surface area (TPSA) is 97.1 Å². The van der Waals surface area contributed by atoms with Crippen LogP contribution in [0.25, 0.3) is 0 Å². The molecule has 17 heavy (non-hydrogen) atoms. The van der Waals surface area contributed by atoms with Crippen LogP contribution in [-0.4, -0.2) is 38.9 Å². The van der Waals surface area contributed by atoms with Crippen molar-refractivity contribution in [3.8, 4) is 0 Å². The first kappa shape index (κ1) is 15.7. The molecule has 0 heterocycles. The summed E-state index contributed by atoms with van der Waals surface area (Å²) < 4.78 is 18.0. The molecule has 0 saturated carbocycles. The Morgan fingerprint density at radius 1 is 1.18 bits per heavy atom. The molecule has 2 atom stereocenters. The molecule has 0 aliphatic carbocycles. The van der Waals surface area contributed by atoms with Crippen molar-refractivity contribution in [1.29, 1.82) is 0 Å². The summed E-state index contributed by atoms with van der Waals surface area (Å²) in [6.07, 6.45) is -0.218. The molecule has 0 aromatic rings. The maximum absolute atomic E-state index is 11.3. The Kier molecular flexibility index (Phi) is 8.08. The van der Waals surface area contributed by atoms with Crippen LogP contribution in [-0.2, 0) is 23.7 Å². The standard InChI is InChI=1S/C10H19NO6/c1-4-7(2)8(11)9(12)15-6-17-10(13)16-5-14-3/h7-8H,4-6,11H2,1-3H3/t7-,8-/m0/s1. The summed E-state index contributed by atoms with van der Waals surface area (Å²) in [4.78, 5) is 22.1. The molecule has 0 aliphatic heterocycles. The van der Waals surface area contributed by atoms with Crippen LogP contribution in [0.15, 0.2) is 0 Å². The number of ether oxygens (including phenoxy) is 4. The highest BCUT2D eigenvalue weighted by molar-refractivity contribution is 5.75. The number of hydrogen-bond donors (Lipinski definition) is 1. The first-order valence-electron chi connectivity index (χ1n) is 5.23. The molecule has 0 aliphatic rings. The number of esters is 1. The molecule has 0 aromatic carbocycles. The minimum absolute atomic E-state index is 0.00272. The summed E-state index contributed by atoms with van der Waals surface area (Å²) in [6, 6.07) is -0.724. The third kappa shape index (κ3) is 6.75. The second-order valence-corrected chi connectivity index (χ2v) is 3.44. The average molecular weight is 249 g/mol. The molecule has 2 N–H and O–H groups in total. The summed E-state index contributed by atoms with van der Waals surface area (Å²) in [7, 11) is 1.36. The van der Waals surface area contributed by atoms with Crippen molar-refractivity contribution in [2.75, 3.05) is 20.7 Å². The highest BCUT2D eigenvalue weighted by Gasteiger charge is 2.21. The van der Waals surface area contributed by atoms with Crippen LogP contribution in [0.4, 0.5) is 4.79 Å². The van der Waals surface area contributed by atoms with Crippen molar-refractivity contribution in [2.24, 2.45) is 11.7 Å². The van der Waals surface area contributed by atoms with E-state index in [1.54, 1.807) is 0 Å². The molecule has 0 unspecified atom stereocenters. The van der Waals surface area contributed by atoms with E-state index >= 15 is 0 Å². The van der Waals surface area contributed by atoms with Crippen LogP contribution in [0.1, 0.15) is 20.3 Å². The maximum Gasteiger partial charge on any atom is 0.513 e. The normalized spacial score (nSPS) is 13.6. The van der Waals surface area contributed by atoms with Crippen LogP contribution in [0.2, 0.25) is 0 Å². The lowest BCUT2D eigenvalue weighted by molar-refractivity contribution is -0.157. The van der Waals surface area contributed by atoms with Gasteiger partial charge in [-0.3, -0.25) is 4.79 Å². The van der Waals surface area contributed by atoms with Gasteiger partial charge in [-0.05, 0) is 5.92 Å². The van der Waals surface area contributed by atoms with Crippen LogP contribution >= 0.6 is 0 Å². The van der Waals surface area contributed by atoms with Gasteiger partial charge in [0.05, 0.1) is 0 Å². The Bertz CT molecular complexity index is 245. The van der Waals surface area contributed by atoms with Gasteiger partial charge in [-0.2, -0.15) is 0 Å². The fraction of sp³-hybridized carbons (Fsp3) is 0.800. The van der Waals surface area contributed by atoms with Gasteiger partial charge in [-0.25, -0.2) is 4.79 Å². The molecule has 0 spiro atoms. The fourth-order valence-corrected chi connectivity index (χ4v) is 0.867. The average Bonchev–Trinajstić information content (AvgIpc) is 2.34. The van der Waals surface area contributed by atoms with Crippen molar-refractivity contribution >= 4 is 12.1 Å². The zero-order valence-electron chi connectivity index (χ0n) is 10.3. The van der Waals surface area contributed by atoms with Gasteiger partial charge in [0.2, 0.25) is 6.79 Å². The van der Waals surface area contributed by atoms with Gasteiger partial charge in [0.1, 0.15) is 6.04 Å². The molecule has 0 radical (unpaired) electrons. The van der Waals surface area contributed by atoms with Gasteiger partial charge in [-0.1, -0.05) is 20.3 Å². The van der Waals surface area contributed by atoms with E-state index in [9.17, 15) is 9.59 Å². The first-order valence-corrected chi connectivity index (χ1v) is 5.23. The first-order chi connectivity index (χ1) is 8.02. The summed E-state index contributed by atoms with van der Waals surface area (Å²) in [5.41, 5.74) is 5.60. The molecule has 100 valence electrons. The van der Waals surface area contributed by atoms with Gasteiger partial charge in [0.15, 0.2) is 6.79 Å². The minimum Gasteiger partial charge on any atom is -0.427 e. The zero-order valence-corrected chi connectivity index (χ0v) is 10.3. The van der Waals surface area contributed by atoms with Crippen LogP contribution in [0, 0.1) is 5.92 Å². The highest BCUT2D eigenvalue weighted by Crippen LogP contribution is 2.06. The molecule has 0 saturated heterocycles. The molecular formula is C10H19NO6. The Morgan fingerprint density at radius 3 is 2.29 bits per heavy atom. The minimum atomic E-state index is -0.975. The molecule has 7 nitrogen and oxygen atoms in total. The third-order valence-corrected chi connectivity index (χ3v) is 2.20. The molecule has 0 rings (SSSR count). The largest absolute Gasteiger partial charge is 0.513 e. The second-order valence-electron chi connectivity index (χ2n) is 3.44. The van der Waals surface area contributed by atoms with Gasteiger partial charge >= 0.3 is 12.1 Å². The predicted octanol–water partition coefficient (Wildman–Crippen LogP) is 0.618. The molecule has 0 amide bonds. The smallest absolute Gasteiger partial charge is 0.427 e. The Labute approximate surface area is 100 Å². The fourth-order valence-electron chi connectivity index (χ4n) is 0.867. The van der Waals surface area contributed by atoms with Gasteiger partial charge in [-0.15, -0.1) is 0 Å². The second kappa shape index (κ2) is 8.77. The van der Waals surface area contributed by atoms with E-state index in [0.717, 1.165) is 6.42 Å². The molecule has 0 fully saturated rings. The van der Waals surface area contributed by atoms with Crippen LogP contribution in [0.3, 0.4) is 0 Å². The lowest BCUT2D eigenvalue weighted by Crippen LogP contribution is -2.38. The highest BCUT2D eigenvalue weighted by atomic mass is 16.8. The van der Waals surface area contributed by atoms with Gasteiger partial charge in [0, 0.05) is 7.11 Å². The van der Waals surface area contributed by atoms with Crippen molar-refractivity contribution in [3.63, 3.8) is 0 Å². The van der Waals surface area contributed by atoms with Crippen molar-refractivity contribution in [1.82, 2.24) is 0 Å². The predicted molar refractivity (Wildman–Crippen MR) is 57.8 cm³/mol. The number of carbonyl (C=O) groups excluding carboxylic acids is 2. The molecular weight excluding hydrogens is 230 g/mol. The van der Waals surface area contributed by atoms with E-state index in [1.165, 1.54) is 7.11 Å². The lowest BCUT2D eigenvalue weighted by atomic mass is 10.0. The summed E-state index contributed by atoms with van der Waals surface area (Å²) in [5.74, 6) is -0.609.